The van der Waals surface area contributed by atoms with Gasteiger partial charge >= 0.3 is 0 Å². The second-order valence-corrected chi connectivity index (χ2v) is 4.83. The number of hydrogen-bond acceptors (Lipinski definition) is 6. The monoisotopic (exact) mass is 353 g/mol. The van der Waals surface area contributed by atoms with Gasteiger partial charge in [-0.1, -0.05) is 6.07 Å². The van der Waals surface area contributed by atoms with Crippen LogP contribution in [0.1, 0.15) is 6.92 Å². The normalized spacial score (nSPS) is 10.1. The Hall–Kier alpha value is -2.02. The van der Waals surface area contributed by atoms with E-state index in [9.17, 15) is 0 Å². The molecule has 0 amide bonds. The van der Waals surface area contributed by atoms with Gasteiger partial charge < -0.3 is 19.5 Å². The molecule has 7 heteroatoms. The Morgan fingerprint density at radius 1 is 1.19 bits per heavy atom. The molecule has 6 nitrogen and oxygen atoms in total. The maximum absolute atomic E-state index is 5.85. The Labute approximate surface area is 131 Å². The molecule has 0 aliphatic rings. The lowest BCUT2D eigenvalue weighted by molar-refractivity contribution is 0.341. The number of anilines is 1. The molecule has 0 aliphatic heterocycles. The van der Waals surface area contributed by atoms with E-state index in [1.807, 2.05) is 13.0 Å². The van der Waals surface area contributed by atoms with Crippen molar-refractivity contribution in [1.82, 2.24) is 9.97 Å². The summed E-state index contributed by atoms with van der Waals surface area (Å²) in [7, 11) is 3.14. The first-order valence-electron chi connectivity index (χ1n) is 6.34. The largest absolute Gasteiger partial charge is 0.493 e. The topological polar surface area (TPSA) is 65.5 Å². The van der Waals surface area contributed by atoms with E-state index in [4.69, 9.17) is 14.2 Å². The van der Waals surface area contributed by atoms with Gasteiger partial charge in [0.1, 0.15) is 0 Å². The Balaban J connectivity index is 2.39. The molecular formula is C14H16BrN3O3. The zero-order valence-corrected chi connectivity index (χ0v) is 13.6. The van der Waals surface area contributed by atoms with E-state index in [1.54, 1.807) is 32.5 Å². The van der Waals surface area contributed by atoms with Gasteiger partial charge in [0, 0.05) is 6.54 Å². The molecule has 0 spiro atoms. The van der Waals surface area contributed by atoms with Crippen molar-refractivity contribution in [3.05, 3.63) is 28.9 Å². The van der Waals surface area contributed by atoms with E-state index in [1.165, 1.54) is 0 Å². The first-order chi connectivity index (χ1) is 10.2. The molecule has 0 saturated heterocycles. The van der Waals surface area contributed by atoms with E-state index < -0.39 is 0 Å². The summed E-state index contributed by atoms with van der Waals surface area (Å²) in [5, 5.41) is 3.03. The number of methoxy groups -OCH3 is 2. The molecule has 0 fully saturated rings. The maximum Gasteiger partial charge on any atom is 0.238 e. The van der Waals surface area contributed by atoms with Crippen LogP contribution < -0.4 is 19.5 Å². The lowest BCUT2D eigenvalue weighted by atomic mass is 10.3. The number of hydrogen-bond donors (Lipinski definition) is 1. The van der Waals surface area contributed by atoms with Crippen LogP contribution in [0.3, 0.4) is 0 Å². The van der Waals surface area contributed by atoms with Crippen molar-refractivity contribution in [3.8, 4) is 23.1 Å². The highest BCUT2D eigenvalue weighted by molar-refractivity contribution is 9.10. The number of rotatable bonds is 6. The molecule has 1 N–H and O–H groups in total. The molecule has 0 aliphatic carbocycles. The number of nitrogens with one attached hydrogen (secondary N) is 1. The molecule has 1 aromatic heterocycles. The van der Waals surface area contributed by atoms with Gasteiger partial charge in [-0.2, -0.15) is 4.98 Å². The number of benzene rings is 1. The third-order valence-corrected chi connectivity index (χ3v) is 3.17. The van der Waals surface area contributed by atoms with Crippen LogP contribution >= 0.6 is 15.9 Å². The Bertz CT molecular complexity index is 600. The summed E-state index contributed by atoms with van der Waals surface area (Å²) in [6.45, 7) is 2.69. The van der Waals surface area contributed by atoms with E-state index in [-0.39, 0.29) is 0 Å². The summed E-state index contributed by atoms with van der Waals surface area (Å²) < 4.78 is 17.1. The average Bonchev–Trinajstić information content (AvgIpc) is 2.51. The van der Waals surface area contributed by atoms with Crippen LogP contribution in [-0.4, -0.2) is 30.7 Å². The Morgan fingerprint density at radius 2 is 1.86 bits per heavy atom. The number of nitrogens with zero attached hydrogens (tertiary/aromatic N) is 2. The molecule has 2 rings (SSSR count). The van der Waals surface area contributed by atoms with Gasteiger partial charge in [0.15, 0.2) is 11.5 Å². The van der Waals surface area contributed by atoms with Gasteiger partial charge in [-0.05, 0) is 35.0 Å². The van der Waals surface area contributed by atoms with Gasteiger partial charge in [-0.25, -0.2) is 4.98 Å². The van der Waals surface area contributed by atoms with Crippen LogP contribution in [0, 0.1) is 0 Å². The molecular weight excluding hydrogens is 338 g/mol. The van der Waals surface area contributed by atoms with Crippen molar-refractivity contribution in [1.29, 1.82) is 0 Å². The highest BCUT2D eigenvalue weighted by Gasteiger charge is 2.15. The number of para-hydroxylation sites is 1. The van der Waals surface area contributed by atoms with Crippen LogP contribution in [0.25, 0.3) is 0 Å². The molecule has 112 valence electrons. The highest BCUT2D eigenvalue weighted by Crippen LogP contribution is 2.41. The van der Waals surface area contributed by atoms with Crippen molar-refractivity contribution < 1.29 is 14.2 Å². The van der Waals surface area contributed by atoms with Crippen molar-refractivity contribution in [3.63, 3.8) is 0 Å². The lowest BCUT2D eigenvalue weighted by Crippen LogP contribution is -2.03. The second-order valence-electron chi connectivity index (χ2n) is 3.97. The zero-order valence-electron chi connectivity index (χ0n) is 12.0. The Morgan fingerprint density at radius 3 is 2.43 bits per heavy atom. The van der Waals surface area contributed by atoms with Crippen LogP contribution in [0.4, 0.5) is 5.95 Å². The van der Waals surface area contributed by atoms with E-state index in [2.05, 4.69) is 31.2 Å². The highest BCUT2D eigenvalue weighted by atomic mass is 79.9. The molecule has 0 unspecified atom stereocenters. The minimum atomic E-state index is 0.378. The first-order valence-corrected chi connectivity index (χ1v) is 7.14. The van der Waals surface area contributed by atoms with Crippen LogP contribution in [-0.2, 0) is 0 Å². The van der Waals surface area contributed by atoms with Crippen LogP contribution in [0.5, 0.6) is 23.1 Å². The minimum Gasteiger partial charge on any atom is -0.493 e. The zero-order chi connectivity index (χ0) is 15.2. The van der Waals surface area contributed by atoms with E-state index >= 15 is 0 Å². The van der Waals surface area contributed by atoms with Gasteiger partial charge in [-0.15, -0.1) is 0 Å². The number of aromatic nitrogens is 2. The summed E-state index contributed by atoms with van der Waals surface area (Å²) in [6.07, 6.45) is 1.63. The van der Waals surface area contributed by atoms with Gasteiger partial charge in [0.05, 0.1) is 24.9 Å². The van der Waals surface area contributed by atoms with Crippen molar-refractivity contribution in [2.24, 2.45) is 0 Å². The summed E-state index contributed by atoms with van der Waals surface area (Å²) in [4.78, 5) is 8.45. The standard InChI is InChI=1S/C14H16BrN3O3/c1-4-16-14-17-8-9(15)13(18-14)21-12-10(19-2)6-5-7-11(12)20-3/h5-8H,4H2,1-3H3,(H,16,17,18). The smallest absolute Gasteiger partial charge is 0.238 e. The lowest BCUT2D eigenvalue weighted by Gasteiger charge is -2.14. The number of ether oxygens (including phenoxy) is 3. The van der Waals surface area contributed by atoms with E-state index in [0.29, 0.717) is 33.5 Å². The molecule has 0 atom stereocenters. The fourth-order valence-corrected chi connectivity index (χ4v) is 1.95. The van der Waals surface area contributed by atoms with Crippen LogP contribution in [0.15, 0.2) is 28.9 Å². The fourth-order valence-electron chi connectivity index (χ4n) is 1.68. The summed E-state index contributed by atoms with van der Waals surface area (Å²) in [6, 6.07) is 5.40. The predicted octanol–water partition coefficient (Wildman–Crippen LogP) is 3.48. The molecule has 1 aromatic carbocycles. The molecule has 0 radical (unpaired) electrons. The average molecular weight is 354 g/mol. The third kappa shape index (κ3) is 3.55. The fraction of sp³-hybridized carbons (Fsp3) is 0.286. The molecule has 0 saturated carbocycles. The van der Waals surface area contributed by atoms with E-state index in [0.717, 1.165) is 6.54 Å². The first kappa shape index (κ1) is 15.4. The van der Waals surface area contributed by atoms with Gasteiger partial charge in [0.2, 0.25) is 17.6 Å². The Kier molecular flexibility index (Phi) is 5.21. The molecule has 0 bridgehead atoms. The predicted molar refractivity (Wildman–Crippen MR) is 83.5 cm³/mol. The number of halogens is 1. The summed E-state index contributed by atoms with van der Waals surface area (Å²) in [5.41, 5.74) is 0. The summed E-state index contributed by atoms with van der Waals surface area (Å²) in [5.74, 6) is 2.45. The maximum atomic E-state index is 5.85. The van der Waals surface area contributed by atoms with Crippen molar-refractivity contribution in [2.45, 2.75) is 6.92 Å². The second kappa shape index (κ2) is 7.12. The van der Waals surface area contributed by atoms with Gasteiger partial charge in [-0.3, -0.25) is 0 Å². The molecule has 1 heterocycles. The SMILES string of the molecule is CCNc1ncc(Br)c(Oc2c(OC)cccc2OC)n1. The minimum absolute atomic E-state index is 0.378. The summed E-state index contributed by atoms with van der Waals surface area (Å²) >= 11 is 3.37. The molecule has 21 heavy (non-hydrogen) atoms. The third-order valence-electron chi connectivity index (χ3n) is 2.63. The van der Waals surface area contributed by atoms with Crippen LogP contribution in [0.2, 0.25) is 0 Å². The van der Waals surface area contributed by atoms with Gasteiger partial charge in [0.25, 0.3) is 0 Å². The van der Waals surface area contributed by atoms with Crippen molar-refractivity contribution in [2.75, 3.05) is 26.1 Å². The van der Waals surface area contributed by atoms with Crippen molar-refractivity contribution >= 4 is 21.9 Å². The quantitative estimate of drug-likeness (QED) is 0.857. The molecule has 2 aromatic rings.